The van der Waals surface area contributed by atoms with Crippen molar-refractivity contribution in [3.8, 4) is 5.75 Å². The van der Waals surface area contributed by atoms with E-state index in [2.05, 4.69) is 86.8 Å². The van der Waals surface area contributed by atoms with Crippen molar-refractivity contribution in [1.29, 1.82) is 0 Å². The van der Waals surface area contributed by atoms with Crippen molar-refractivity contribution in [2.75, 3.05) is 6.54 Å². The quantitative estimate of drug-likeness (QED) is 0.517. The first-order valence-corrected chi connectivity index (χ1v) is 10.1. The van der Waals surface area contributed by atoms with Crippen molar-refractivity contribution in [1.82, 2.24) is 5.32 Å². The number of benzene rings is 3. The Morgan fingerprint density at radius 3 is 2.11 bits per heavy atom. The molecular formula is C26H31NO. The highest BCUT2D eigenvalue weighted by molar-refractivity contribution is 5.34. The Labute approximate surface area is 169 Å². The molecule has 2 heteroatoms. The lowest BCUT2D eigenvalue weighted by Crippen LogP contribution is -2.42. The molecule has 0 saturated heterocycles. The topological polar surface area (TPSA) is 21.3 Å². The van der Waals surface area contributed by atoms with Crippen molar-refractivity contribution in [3.05, 3.63) is 101 Å². The molecule has 0 aliphatic carbocycles. The summed E-state index contributed by atoms with van der Waals surface area (Å²) < 4.78 is 6.02. The Morgan fingerprint density at radius 2 is 1.43 bits per heavy atom. The first-order valence-electron chi connectivity index (χ1n) is 10.1. The molecule has 146 valence electrons. The molecular weight excluding hydrogens is 342 g/mol. The molecule has 1 N–H and O–H groups in total. The van der Waals surface area contributed by atoms with E-state index in [4.69, 9.17) is 4.74 Å². The van der Waals surface area contributed by atoms with E-state index in [1.165, 1.54) is 22.3 Å². The summed E-state index contributed by atoms with van der Waals surface area (Å²) in [5.74, 6) is 0.947. The second kappa shape index (κ2) is 9.57. The van der Waals surface area contributed by atoms with Crippen molar-refractivity contribution < 1.29 is 4.74 Å². The van der Waals surface area contributed by atoms with Gasteiger partial charge in [-0.3, -0.25) is 0 Å². The summed E-state index contributed by atoms with van der Waals surface area (Å²) in [5, 5.41) is 3.71. The monoisotopic (exact) mass is 373 g/mol. The summed E-state index contributed by atoms with van der Waals surface area (Å²) >= 11 is 0. The van der Waals surface area contributed by atoms with Gasteiger partial charge in [0.1, 0.15) is 12.4 Å². The number of hydrogen-bond donors (Lipinski definition) is 1. The van der Waals surface area contributed by atoms with Crippen LogP contribution in [-0.2, 0) is 19.4 Å². The van der Waals surface area contributed by atoms with Crippen LogP contribution in [0.2, 0.25) is 0 Å². The van der Waals surface area contributed by atoms with Gasteiger partial charge in [-0.25, -0.2) is 0 Å². The second-order valence-electron chi connectivity index (χ2n) is 8.15. The third-order valence-electron chi connectivity index (χ3n) is 4.87. The first-order chi connectivity index (χ1) is 13.5. The summed E-state index contributed by atoms with van der Waals surface area (Å²) in [7, 11) is 0. The standard InChI is InChI=1S/C26H31NO/c1-21-16-24(18-25(17-21)28-20-23-12-8-5-9-13-23)14-15-27-26(2,3)19-22-10-6-4-7-11-22/h4-13,16-18,27H,14-15,19-20H2,1-3H3. The molecule has 0 saturated carbocycles. The van der Waals surface area contributed by atoms with Crippen molar-refractivity contribution >= 4 is 0 Å². The molecule has 0 aromatic heterocycles. The maximum absolute atomic E-state index is 6.02. The molecule has 3 aromatic rings. The fourth-order valence-electron chi connectivity index (χ4n) is 3.51. The van der Waals surface area contributed by atoms with E-state index < -0.39 is 0 Å². The molecule has 0 heterocycles. The Balaban J connectivity index is 1.53. The van der Waals surface area contributed by atoms with Crippen LogP contribution in [-0.4, -0.2) is 12.1 Å². The Hall–Kier alpha value is -2.58. The zero-order valence-electron chi connectivity index (χ0n) is 17.2. The lowest BCUT2D eigenvalue weighted by Gasteiger charge is -2.27. The minimum atomic E-state index is 0.0673. The van der Waals surface area contributed by atoms with E-state index in [-0.39, 0.29) is 5.54 Å². The van der Waals surface area contributed by atoms with Gasteiger partial charge in [0.05, 0.1) is 0 Å². The SMILES string of the molecule is Cc1cc(CCNC(C)(C)Cc2ccccc2)cc(OCc2ccccc2)c1. The van der Waals surface area contributed by atoms with Gasteiger partial charge in [-0.15, -0.1) is 0 Å². The normalized spacial score (nSPS) is 11.4. The maximum Gasteiger partial charge on any atom is 0.120 e. The molecule has 3 rings (SSSR count). The summed E-state index contributed by atoms with van der Waals surface area (Å²) in [5.41, 5.74) is 5.18. The molecule has 0 aliphatic rings. The average Bonchev–Trinajstić information content (AvgIpc) is 2.67. The zero-order valence-corrected chi connectivity index (χ0v) is 17.2. The lowest BCUT2D eigenvalue weighted by molar-refractivity contribution is 0.305. The van der Waals surface area contributed by atoms with E-state index in [0.29, 0.717) is 6.61 Å². The zero-order chi connectivity index (χ0) is 19.8. The minimum Gasteiger partial charge on any atom is -0.489 e. The van der Waals surface area contributed by atoms with Crippen LogP contribution in [0.15, 0.2) is 78.9 Å². The van der Waals surface area contributed by atoms with Gasteiger partial charge < -0.3 is 10.1 Å². The van der Waals surface area contributed by atoms with Crippen LogP contribution >= 0.6 is 0 Å². The van der Waals surface area contributed by atoms with Crippen LogP contribution in [0.1, 0.15) is 36.1 Å². The molecule has 0 radical (unpaired) electrons. The van der Waals surface area contributed by atoms with E-state index in [1.807, 2.05) is 18.2 Å². The number of rotatable bonds is 9. The smallest absolute Gasteiger partial charge is 0.120 e. The summed E-state index contributed by atoms with van der Waals surface area (Å²) in [6, 6.07) is 27.5. The van der Waals surface area contributed by atoms with Gasteiger partial charge in [-0.2, -0.15) is 0 Å². The Bertz CT molecular complexity index is 856. The molecule has 0 fully saturated rings. The third kappa shape index (κ3) is 6.54. The fourth-order valence-corrected chi connectivity index (χ4v) is 3.51. The Kier molecular flexibility index (Phi) is 6.89. The molecule has 0 amide bonds. The van der Waals surface area contributed by atoms with Gasteiger partial charge in [0.2, 0.25) is 0 Å². The minimum absolute atomic E-state index is 0.0673. The van der Waals surface area contributed by atoms with Crippen LogP contribution in [0, 0.1) is 6.92 Å². The highest BCUT2D eigenvalue weighted by Crippen LogP contribution is 2.19. The van der Waals surface area contributed by atoms with Crippen LogP contribution in [0.3, 0.4) is 0 Å². The number of nitrogens with one attached hydrogen (secondary N) is 1. The van der Waals surface area contributed by atoms with E-state index >= 15 is 0 Å². The van der Waals surface area contributed by atoms with Crippen molar-refractivity contribution in [2.24, 2.45) is 0 Å². The second-order valence-corrected chi connectivity index (χ2v) is 8.15. The van der Waals surface area contributed by atoms with Crippen molar-refractivity contribution in [3.63, 3.8) is 0 Å². The molecule has 0 spiro atoms. The first kappa shape index (κ1) is 20.2. The molecule has 0 atom stereocenters. The largest absolute Gasteiger partial charge is 0.489 e. The van der Waals surface area contributed by atoms with Crippen LogP contribution in [0.4, 0.5) is 0 Å². The number of ether oxygens (including phenoxy) is 1. The van der Waals surface area contributed by atoms with Crippen LogP contribution in [0.25, 0.3) is 0 Å². The highest BCUT2D eigenvalue weighted by atomic mass is 16.5. The van der Waals surface area contributed by atoms with E-state index in [9.17, 15) is 0 Å². The van der Waals surface area contributed by atoms with Gasteiger partial charge in [-0.1, -0.05) is 66.7 Å². The molecule has 3 aromatic carbocycles. The van der Waals surface area contributed by atoms with Gasteiger partial charge in [0.25, 0.3) is 0 Å². The van der Waals surface area contributed by atoms with Gasteiger partial charge in [0.15, 0.2) is 0 Å². The summed E-state index contributed by atoms with van der Waals surface area (Å²) in [6.45, 7) is 8.22. The van der Waals surface area contributed by atoms with E-state index in [0.717, 1.165) is 25.1 Å². The van der Waals surface area contributed by atoms with E-state index in [1.54, 1.807) is 0 Å². The van der Waals surface area contributed by atoms with Crippen LogP contribution in [0.5, 0.6) is 5.75 Å². The van der Waals surface area contributed by atoms with Gasteiger partial charge in [0, 0.05) is 5.54 Å². The van der Waals surface area contributed by atoms with Crippen LogP contribution < -0.4 is 10.1 Å². The summed E-state index contributed by atoms with van der Waals surface area (Å²) in [6.07, 6.45) is 2.01. The van der Waals surface area contributed by atoms with Gasteiger partial charge >= 0.3 is 0 Å². The fraction of sp³-hybridized carbons (Fsp3) is 0.308. The predicted molar refractivity (Wildman–Crippen MR) is 118 cm³/mol. The number of hydrogen-bond acceptors (Lipinski definition) is 2. The molecule has 2 nitrogen and oxygen atoms in total. The summed E-state index contributed by atoms with van der Waals surface area (Å²) in [4.78, 5) is 0. The highest BCUT2D eigenvalue weighted by Gasteiger charge is 2.17. The molecule has 0 bridgehead atoms. The predicted octanol–water partition coefficient (Wildman–Crippen LogP) is 5.73. The molecule has 28 heavy (non-hydrogen) atoms. The molecule has 0 unspecified atom stereocenters. The molecule has 0 aliphatic heterocycles. The van der Waals surface area contributed by atoms with Crippen molar-refractivity contribution in [2.45, 2.75) is 45.8 Å². The van der Waals surface area contributed by atoms with Gasteiger partial charge in [-0.05, 0) is 74.5 Å². The average molecular weight is 374 g/mol. The maximum atomic E-state index is 6.02. The number of aryl methyl sites for hydroxylation is 1. The Morgan fingerprint density at radius 1 is 0.786 bits per heavy atom. The third-order valence-corrected chi connectivity index (χ3v) is 4.87. The lowest BCUT2D eigenvalue weighted by atomic mass is 9.94.